The third-order valence-electron chi connectivity index (χ3n) is 5.63. The van der Waals surface area contributed by atoms with E-state index in [2.05, 4.69) is 19.8 Å². The lowest BCUT2D eigenvalue weighted by Gasteiger charge is -2.35. The number of carbonyl (C=O) groups excluding carboxylic acids is 1. The normalized spacial score (nSPS) is 18.7. The number of benzene rings is 1. The summed E-state index contributed by atoms with van der Waals surface area (Å²) in [4.78, 5) is 27.8. The Bertz CT molecular complexity index is 971. The zero-order chi connectivity index (χ0) is 18.2. The van der Waals surface area contributed by atoms with Crippen LogP contribution in [0.3, 0.4) is 0 Å². The molecule has 5 rings (SSSR count). The molecule has 0 saturated carbocycles. The lowest BCUT2D eigenvalue weighted by molar-refractivity contribution is -0.131. The fraction of sp³-hybridized carbons (Fsp3) is 0.450. The van der Waals surface area contributed by atoms with E-state index in [9.17, 15) is 4.79 Å². The van der Waals surface area contributed by atoms with Crippen molar-refractivity contribution in [2.75, 3.05) is 50.7 Å². The molecule has 2 aliphatic rings. The standard InChI is InChI=1S/C20H23N5O2/c26-17(24-7-3-4-8-24)13-23-9-11-25(12-10-23)20-19-18(21-14-22-20)15-5-1-2-6-16(15)27-19/h1-2,5-6,14H,3-4,7-13H2. The third kappa shape index (κ3) is 3.02. The summed E-state index contributed by atoms with van der Waals surface area (Å²) >= 11 is 0. The Hall–Kier alpha value is -2.67. The molecular weight excluding hydrogens is 342 g/mol. The fourth-order valence-electron chi connectivity index (χ4n) is 4.11. The molecule has 0 radical (unpaired) electrons. The van der Waals surface area contributed by atoms with E-state index in [4.69, 9.17) is 4.42 Å². The molecule has 1 aromatic carbocycles. The van der Waals surface area contributed by atoms with Crippen molar-refractivity contribution in [3.05, 3.63) is 30.6 Å². The van der Waals surface area contributed by atoms with E-state index < -0.39 is 0 Å². The Balaban J connectivity index is 1.31. The van der Waals surface area contributed by atoms with Gasteiger partial charge >= 0.3 is 0 Å². The van der Waals surface area contributed by atoms with Gasteiger partial charge in [0.1, 0.15) is 17.4 Å². The van der Waals surface area contributed by atoms with Crippen molar-refractivity contribution < 1.29 is 9.21 Å². The molecule has 2 aliphatic heterocycles. The van der Waals surface area contributed by atoms with Gasteiger partial charge in [-0.2, -0.15) is 0 Å². The van der Waals surface area contributed by atoms with Gasteiger partial charge in [-0.15, -0.1) is 0 Å². The molecule has 27 heavy (non-hydrogen) atoms. The van der Waals surface area contributed by atoms with Crippen LogP contribution in [0.4, 0.5) is 5.82 Å². The second-order valence-electron chi connectivity index (χ2n) is 7.32. The fourth-order valence-corrected chi connectivity index (χ4v) is 4.11. The highest BCUT2D eigenvalue weighted by molar-refractivity contribution is 6.05. The Morgan fingerprint density at radius 1 is 1.00 bits per heavy atom. The van der Waals surface area contributed by atoms with Crippen LogP contribution in [0.15, 0.2) is 35.0 Å². The van der Waals surface area contributed by atoms with Crippen LogP contribution in [0.2, 0.25) is 0 Å². The van der Waals surface area contributed by atoms with Gasteiger partial charge in [0.25, 0.3) is 0 Å². The predicted molar refractivity (Wildman–Crippen MR) is 104 cm³/mol. The first-order valence-electron chi connectivity index (χ1n) is 9.67. The van der Waals surface area contributed by atoms with E-state index in [1.165, 1.54) is 0 Å². The van der Waals surface area contributed by atoms with Crippen molar-refractivity contribution in [2.24, 2.45) is 0 Å². The molecular formula is C20H23N5O2. The minimum atomic E-state index is 0.266. The van der Waals surface area contributed by atoms with Gasteiger partial charge < -0.3 is 14.2 Å². The van der Waals surface area contributed by atoms with Gasteiger partial charge in [0.2, 0.25) is 5.91 Å². The van der Waals surface area contributed by atoms with Crippen molar-refractivity contribution in [1.82, 2.24) is 19.8 Å². The number of hydrogen-bond acceptors (Lipinski definition) is 6. The summed E-state index contributed by atoms with van der Waals surface area (Å²) < 4.78 is 6.05. The lowest BCUT2D eigenvalue weighted by atomic mass is 10.2. The van der Waals surface area contributed by atoms with Gasteiger partial charge in [0.15, 0.2) is 11.4 Å². The number of carbonyl (C=O) groups is 1. The van der Waals surface area contributed by atoms with Crippen LogP contribution in [-0.4, -0.2) is 71.5 Å². The van der Waals surface area contributed by atoms with Crippen LogP contribution in [0.1, 0.15) is 12.8 Å². The number of para-hydroxylation sites is 1. The number of likely N-dealkylation sites (tertiary alicyclic amines) is 1. The first-order chi connectivity index (χ1) is 13.3. The van der Waals surface area contributed by atoms with E-state index >= 15 is 0 Å². The van der Waals surface area contributed by atoms with E-state index in [1.807, 2.05) is 29.2 Å². The summed E-state index contributed by atoms with van der Waals surface area (Å²) in [6.45, 7) is 5.73. The highest BCUT2D eigenvalue weighted by Gasteiger charge is 2.25. The summed E-state index contributed by atoms with van der Waals surface area (Å²) in [7, 11) is 0. The number of rotatable bonds is 3. The van der Waals surface area contributed by atoms with Gasteiger partial charge in [0, 0.05) is 44.7 Å². The predicted octanol–water partition coefficient (Wildman–Crippen LogP) is 2.12. The average Bonchev–Trinajstić information content (AvgIpc) is 3.36. The molecule has 0 unspecified atom stereocenters. The Morgan fingerprint density at radius 2 is 1.78 bits per heavy atom. The van der Waals surface area contributed by atoms with Gasteiger partial charge in [-0.05, 0) is 25.0 Å². The van der Waals surface area contributed by atoms with Crippen LogP contribution < -0.4 is 4.90 Å². The average molecular weight is 365 g/mol. The van der Waals surface area contributed by atoms with Crippen LogP contribution in [0.25, 0.3) is 22.1 Å². The molecule has 1 amide bonds. The zero-order valence-corrected chi connectivity index (χ0v) is 15.3. The van der Waals surface area contributed by atoms with Gasteiger partial charge in [-0.1, -0.05) is 12.1 Å². The number of amides is 1. The lowest BCUT2D eigenvalue weighted by Crippen LogP contribution is -2.50. The van der Waals surface area contributed by atoms with Crippen LogP contribution in [-0.2, 0) is 4.79 Å². The molecule has 0 aliphatic carbocycles. The highest BCUT2D eigenvalue weighted by atomic mass is 16.3. The van der Waals surface area contributed by atoms with Gasteiger partial charge in [-0.3, -0.25) is 9.69 Å². The topological polar surface area (TPSA) is 65.7 Å². The summed E-state index contributed by atoms with van der Waals surface area (Å²) in [6, 6.07) is 7.95. The third-order valence-corrected chi connectivity index (χ3v) is 5.63. The smallest absolute Gasteiger partial charge is 0.236 e. The number of hydrogen-bond donors (Lipinski definition) is 0. The maximum Gasteiger partial charge on any atom is 0.236 e. The molecule has 0 atom stereocenters. The molecule has 4 heterocycles. The first kappa shape index (κ1) is 16.5. The largest absolute Gasteiger partial charge is 0.450 e. The second-order valence-corrected chi connectivity index (χ2v) is 7.32. The van der Waals surface area contributed by atoms with Crippen molar-refractivity contribution in [2.45, 2.75) is 12.8 Å². The molecule has 140 valence electrons. The van der Waals surface area contributed by atoms with Crippen molar-refractivity contribution in [3.63, 3.8) is 0 Å². The molecule has 7 heteroatoms. The van der Waals surface area contributed by atoms with Crippen LogP contribution in [0.5, 0.6) is 0 Å². The number of anilines is 1. The quantitative estimate of drug-likeness (QED) is 0.708. The molecule has 2 aromatic heterocycles. The van der Waals surface area contributed by atoms with E-state index in [-0.39, 0.29) is 5.91 Å². The van der Waals surface area contributed by atoms with Crippen LogP contribution in [0, 0.1) is 0 Å². The van der Waals surface area contributed by atoms with Crippen molar-refractivity contribution in [3.8, 4) is 0 Å². The molecule has 0 N–H and O–H groups in total. The number of aromatic nitrogens is 2. The molecule has 2 fully saturated rings. The summed E-state index contributed by atoms with van der Waals surface area (Å²) in [6.07, 6.45) is 3.89. The Kier molecular flexibility index (Phi) is 4.16. The van der Waals surface area contributed by atoms with Crippen molar-refractivity contribution in [1.29, 1.82) is 0 Å². The molecule has 0 spiro atoms. The molecule has 0 bridgehead atoms. The first-order valence-corrected chi connectivity index (χ1v) is 9.67. The van der Waals surface area contributed by atoms with Gasteiger partial charge in [-0.25, -0.2) is 9.97 Å². The molecule has 3 aromatic rings. The number of furan rings is 1. The maximum atomic E-state index is 12.4. The van der Waals surface area contributed by atoms with E-state index in [0.29, 0.717) is 6.54 Å². The highest BCUT2D eigenvalue weighted by Crippen LogP contribution is 2.32. The van der Waals surface area contributed by atoms with E-state index in [0.717, 1.165) is 80.0 Å². The number of fused-ring (bicyclic) bond motifs is 3. The zero-order valence-electron chi connectivity index (χ0n) is 15.3. The minimum Gasteiger partial charge on any atom is -0.450 e. The molecule has 2 saturated heterocycles. The minimum absolute atomic E-state index is 0.266. The summed E-state index contributed by atoms with van der Waals surface area (Å²) in [5, 5.41) is 1.02. The van der Waals surface area contributed by atoms with Gasteiger partial charge in [0.05, 0.1) is 6.54 Å². The number of nitrogens with zero attached hydrogens (tertiary/aromatic N) is 5. The van der Waals surface area contributed by atoms with Crippen LogP contribution >= 0.6 is 0 Å². The maximum absolute atomic E-state index is 12.4. The SMILES string of the molecule is O=C(CN1CCN(c2ncnc3c2oc2ccccc23)CC1)N1CCCC1. The number of piperazine rings is 1. The Morgan fingerprint density at radius 3 is 2.59 bits per heavy atom. The summed E-state index contributed by atoms with van der Waals surface area (Å²) in [5.41, 5.74) is 2.45. The molecule has 7 nitrogen and oxygen atoms in total. The monoisotopic (exact) mass is 365 g/mol. The Labute approximate surface area is 157 Å². The second kappa shape index (κ2) is 6.81. The van der Waals surface area contributed by atoms with E-state index in [1.54, 1.807) is 6.33 Å². The van der Waals surface area contributed by atoms with Crippen molar-refractivity contribution >= 4 is 33.8 Å². The summed E-state index contributed by atoms with van der Waals surface area (Å²) in [5.74, 6) is 1.12.